The van der Waals surface area contributed by atoms with Crippen LogP contribution in [0, 0.1) is 20.8 Å². The lowest BCUT2D eigenvalue weighted by Gasteiger charge is -2.12. The van der Waals surface area contributed by atoms with Crippen molar-refractivity contribution in [2.75, 3.05) is 7.11 Å². The summed E-state index contributed by atoms with van der Waals surface area (Å²) in [5, 5.41) is 28.1. The van der Waals surface area contributed by atoms with Gasteiger partial charge in [0.2, 0.25) is 0 Å². The summed E-state index contributed by atoms with van der Waals surface area (Å²) >= 11 is 30.8. The van der Waals surface area contributed by atoms with Gasteiger partial charge in [0.15, 0.2) is 33.9 Å². The van der Waals surface area contributed by atoms with Crippen molar-refractivity contribution in [3.8, 4) is 146 Å². The summed E-state index contributed by atoms with van der Waals surface area (Å²) in [6, 6.07) is 83.8. The number of alkyl halides is 3. The standard InChI is InChI=1S/C19H16N4.C18H13ClN4.C18H11F3N4O.C18H14N4O.2C17H10Cl2N4/c1-13-5-6-15(10-14(13)2)19-17(4-3-9-20-19)16-7-8-18-21-12-22-23(18)11-16;1-12-7-14(9-15(19)8-12)18-16(3-2-6-20-18)13-4-5-17-21-11-22-23(17)10-13;19-18(20,21)26-14-4-1-3-12(9-14)17-15(5-2-8-22-17)13-6-7-16-23-11-24-25(16)10-13;1-23-15-5-2-4-13(10-15)18-16(6-3-9-19-18)14-7-8-17-20-12-21-22(17)11-14;18-12-4-5-14(15(19)8-12)17-13(2-1-7-20-17)11-3-6-16-21-10-22-23(16)9-11;18-13-6-12(7-14(19)8-13)17-15(2-1-5-20-17)11-3-4-16-21-10-22-23(16)9-11/h3-12H,1-2H3;2-11H,1H3;1-11H;2-12H,1H3;2*1-10H. The Balaban J connectivity index is 0.000000108. The highest BCUT2D eigenvalue weighted by atomic mass is 35.5. The molecule has 0 fully saturated rings. The molecular weight excluding hydrogens is 1890 g/mol. The minimum atomic E-state index is -4.75. The number of ether oxygens (including phenoxy) is 2. The molecule has 0 amide bonds. The number of halogens is 8. The van der Waals surface area contributed by atoms with E-state index in [9.17, 15) is 13.2 Å². The first-order valence-electron chi connectivity index (χ1n) is 43.5. The summed E-state index contributed by atoms with van der Waals surface area (Å²) in [5.74, 6) is 0.518. The Morgan fingerprint density at radius 3 is 0.879 bits per heavy atom. The fourth-order valence-corrected chi connectivity index (χ4v) is 17.1. The number of hydrogen-bond donors (Lipinski definition) is 0. The van der Waals surface area contributed by atoms with Crippen molar-refractivity contribution in [3.63, 3.8) is 0 Å². The fraction of sp³-hybridized carbons (Fsp3) is 0.0467. The molecule has 6 aromatic carbocycles. The van der Waals surface area contributed by atoms with Crippen LogP contribution < -0.4 is 9.47 Å². The average molecular weight is 1960 g/mol. The number of aryl methyl sites for hydroxylation is 3. The second kappa shape index (κ2) is 41.8. The molecule has 18 aromatic heterocycles. The van der Waals surface area contributed by atoms with Crippen molar-refractivity contribution >= 4 is 91.9 Å². The van der Waals surface area contributed by atoms with E-state index < -0.39 is 6.36 Å². The molecule has 0 aliphatic rings. The van der Waals surface area contributed by atoms with E-state index in [1.54, 1.807) is 115 Å². The number of fused-ring (bicyclic) bond motifs is 6. The highest BCUT2D eigenvalue weighted by Gasteiger charge is 2.31. The smallest absolute Gasteiger partial charge is 0.497 e. The summed E-state index contributed by atoms with van der Waals surface area (Å²) in [6.07, 6.45) is 26.5. The molecule has 24 rings (SSSR count). The third kappa shape index (κ3) is 21.6. The van der Waals surface area contributed by atoms with Crippen molar-refractivity contribution in [1.82, 2.24) is 117 Å². The molecule has 0 radical (unpaired) electrons. The summed E-state index contributed by atoms with van der Waals surface area (Å²) in [4.78, 5) is 52.1. The van der Waals surface area contributed by atoms with Crippen LogP contribution in [0.1, 0.15) is 16.7 Å². The van der Waals surface area contributed by atoms with E-state index in [1.807, 2.05) is 220 Å². The van der Waals surface area contributed by atoms with Crippen LogP contribution in [0.5, 0.6) is 11.5 Å². The van der Waals surface area contributed by atoms with E-state index in [0.29, 0.717) is 42.0 Å². The number of pyridine rings is 12. The number of aromatic nitrogens is 24. The van der Waals surface area contributed by atoms with Gasteiger partial charge in [0.25, 0.3) is 0 Å². The molecule has 0 N–H and O–H groups in total. The molecular formula is C107H74Cl5F3N24O2. The number of methoxy groups -OCH3 is 1. The molecule has 0 bridgehead atoms. The number of benzene rings is 6. The molecule has 0 unspecified atom stereocenters. The van der Waals surface area contributed by atoms with Crippen LogP contribution in [-0.4, -0.2) is 131 Å². The average Bonchev–Trinajstić information content (AvgIpc) is 1.42. The van der Waals surface area contributed by atoms with E-state index in [-0.39, 0.29) is 5.75 Å². The number of hydrogen-bond acceptors (Lipinski definition) is 20. The Hall–Kier alpha value is -17.2. The molecule has 0 spiro atoms. The molecule has 24 aromatic rings. The van der Waals surface area contributed by atoms with Crippen LogP contribution >= 0.6 is 58.0 Å². The van der Waals surface area contributed by atoms with Crippen LogP contribution in [0.15, 0.2) is 379 Å². The van der Waals surface area contributed by atoms with Gasteiger partial charge in [-0.25, -0.2) is 57.0 Å². The van der Waals surface area contributed by atoms with Crippen LogP contribution in [0.2, 0.25) is 25.1 Å². The highest BCUT2D eigenvalue weighted by molar-refractivity contribution is 6.37. The predicted molar refractivity (Wildman–Crippen MR) is 542 cm³/mol. The molecule has 18 heterocycles. The van der Waals surface area contributed by atoms with Gasteiger partial charge in [-0.15, -0.1) is 13.2 Å². The minimum Gasteiger partial charge on any atom is -0.497 e. The summed E-state index contributed by atoms with van der Waals surface area (Å²) in [7, 11) is 1.66. The van der Waals surface area contributed by atoms with Gasteiger partial charge in [-0.2, -0.15) is 30.6 Å². The van der Waals surface area contributed by atoms with Gasteiger partial charge in [0, 0.05) is 195 Å². The maximum Gasteiger partial charge on any atom is 0.573 e. The van der Waals surface area contributed by atoms with Gasteiger partial charge in [0.05, 0.1) is 46.3 Å². The maximum absolute atomic E-state index is 12.5. The molecule has 34 heteroatoms. The van der Waals surface area contributed by atoms with Gasteiger partial charge in [-0.3, -0.25) is 29.9 Å². The lowest BCUT2D eigenvalue weighted by molar-refractivity contribution is -0.274. The molecule has 0 aliphatic carbocycles. The van der Waals surface area contributed by atoms with Crippen molar-refractivity contribution < 1.29 is 22.6 Å². The third-order valence-electron chi connectivity index (χ3n) is 22.5. The quantitative estimate of drug-likeness (QED) is 0.0978. The van der Waals surface area contributed by atoms with Crippen LogP contribution in [0.4, 0.5) is 13.2 Å². The first-order chi connectivity index (χ1) is 68.7. The molecule has 141 heavy (non-hydrogen) atoms. The van der Waals surface area contributed by atoms with E-state index >= 15 is 0 Å². The Morgan fingerprint density at radius 2 is 0.546 bits per heavy atom. The summed E-state index contributed by atoms with van der Waals surface area (Å²) < 4.78 is 57.2. The zero-order valence-corrected chi connectivity index (χ0v) is 78.6. The number of nitrogens with zero attached hydrogens (tertiary/aromatic N) is 24. The van der Waals surface area contributed by atoms with Gasteiger partial charge >= 0.3 is 6.36 Å². The van der Waals surface area contributed by atoms with Crippen molar-refractivity contribution in [2.45, 2.75) is 27.1 Å². The predicted octanol–water partition coefficient (Wildman–Crippen LogP) is 25.8. The monoisotopic (exact) mass is 1960 g/mol. The Morgan fingerprint density at radius 1 is 0.241 bits per heavy atom. The van der Waals surface area contributed by atoms with Gasteiger partial charge in [-0.05, 0) is 232 Å². The first-order valence-corrected chi connectivity index (χ1v) is 45.4. The zero-order chi connectivity index (χ0) is 97.0. The SMILES string of the molecule is COc1cccc(-c2ncccc2-c2ccc3ncnn3c2)c1.Cc1cc(Cl)cc(-c2ncccc2-c2ccc3ncnn3c2)c1.Cc1ccc(-c2ncccc2-c2ccc3ncnn3c2)cc1C.Clc1cc(Cl)cc(-c2ncccc2-c2ccc3ncnn3c2)c1.Clc1ccc(-c2ncccc2-c2ccc3ncnn3c2)c(Cl)c1.FC(F)(F)Oc1cccc(-c2ncccc2-c2ccc3ncnn3c2)c1. The summed E-state index contributed by atoms with van der Waals surface area (Å²) in [6.45, 7) is 6.28. The van der Waals surface area contributed by atoms with Crippen LogP contribution in [0.25, 0.3) is 168 Å². The Labute approximate surface area is 827 Å². The molecule has 0 aliphatic heterocycles. The van der Waals surface area contributed by atoms with Crippen LogP contribution in [0.3, 0.4) is 0 Å². The van der Waals surface area contributed by atoms with Gasteiger partial charge < -0.3 is 9.47 Å². The van der Waals surface area contributed by atoms with Crippen LogP contribution in [-0.2, 0) is 0 Å². The zero-order valence-electron chi connectivity index (χ0n) is 74.9. The second-order valence-corrected chi connectivity index (χ2v) is 33.8. The Kier molecular flexibility index (Phi) is 27.5. The van der Waals surface area contributed by atoms with Gasteiger partial charge in [-0.1, -0.05) is 131 Å². The fourth-order valence-electron chi connectivity index (χ4n) is 15.8. The second-order valence-electron chi connectivity index (χ2n) is 31.7. The topological polar surface area (TPSA) is 277 Å². The Bertz CT molecular complexity index is 8460. The van der Waals surface area contributed by atoms with E-state index in [2.05, 4.69) is 158 Å². The minimum absolute atomic E-state index is 0.293. The van der Waals surface area contributed by atoms with Gasteiger partial charge in [0.1, 0.15) is 49.5 Å². The largest absolute Gasteiger partial charge is 0.573 e. The van der Waals surface area contributed by atoms with E-state index in [0.717, 1.165) is 163 Å². The molecule has 26 nitrogen and oxygen atoms in total. The highest BCUT2D eigenvalue weighted by Crippen LogP contribution is 2.41. The molecule has 0 saturated carbocycles. The number of rotatable bonds is 14. The summed E-state index contributed by atoms with van der Waals surface area (Å²) in [5.41, 5.74) is 30.5. The van der Waals surface area contributed by atoms with Crippen molar-refractivity contribution in [1.29, 1.82) is 0 Å². The molecule has 690 valence electrons. The molecule has 0 atom stereocenters. The van der Waals surface area contributed by atoms with Crippen molar-refractivity contribution in [2.24, 2.45) is 0 Å². The lowest BCUT2D eigenvalue weighted by atomic mass is 9.98. The normalized spacial score (nSPS) is 11.1. The van der Waals surface area contributed by atoms with Crippen molar-refractivity contribution in [3.05, 3.63) is 421 Å². The maximum atomic E-state index is 12.5. The van der Waals surface area contributed by atoms with E-state index in [4.69, 9.17) is 62.7 Å². The van der Waals surface area contributed by atoms with E-state index in [1.165, 1.54) is 48.3 Å². The third-order valence-corrected chi connectivity index (χ3v) is 23.7. The first kappa shape index (κ1) is 92.8. The lowest BCUT2D eigenvalue weighted by Crippen LogP contribution is -2.17. The molecule has 0 saturated heterocycles.